The van der Waals surface area contributed by atoms with Crippen molar-refractivity contribution in [2.75, 3.05) is 26.4 Å². The first-order valence-corrected chi connectivity index (χ1v) is 7.72. The Labute approximate surface area is 125 Å². The third-order valence-electron chi connectivity index (χ3n) is 1.75. The van der Waals surface area contributed by atoms with Gasteiger partial charge in [0.05, 0.1) is 5.69 Å². The van der Waals surface area contributed by atoms with Gasteiger partial charge in [0, 0.05) is 30.0 Å². The lowest BCUT2D eigenvalue weighted by Gasteiger charge is -2.04. The molecular formula is C11H19N3O4S2. The van der Waals surface area contributed by atoms with Gasteiger partial charge in [0.15, 0.2) is 0 Å². The molecule has 0 atom stereocenters. The molecule has 0 bridgehead atoms. The number of carbonyl (C=O) groups is 2. The summed E-state index contributed by atoms with van der Waals surface area (Å²) < 4.78 is 0. The number of nitrogens with zero attached hydrogens (tertiary/aromatic N) is 2. The summed E-state index contributed by atoms with van der Waals surface area (Å²) in [5, 5.41) is 18.1. The van der Waals surface area contributed by atoms with Crippen LogP contribution in [0, 0.1) is 0 Å². The van der Waals surface area contributed by atoms with E-state index in [1.807, 2.05) is 11.8 Å². The molecule has 0 aromatic carbocycles. The second-order valence-electron chi connectivity index (χ2n) is 3.92. The standard InChI is InChI=1S/C9H17N3S2.C2H2O4/c1-12(2)5-9-11-8(7-14-9)6-13-4-3-10;3-1(4)2(5)6/h7H,3-6,10H2,1-2H3;(H,3,4)(H,5,6). The van der Waals surface area contributed by atoms with Crippen molar-refractivity contribution < 1.29 is 19.8 Å². The predicted octanol–water partition coefficient (Wildman–Crippen LogP) is 0.552. The molecule has 4 N–H and O–H groups in total. The molecule has 0 amide bonds. The Morgan fingerprint density at radius 3 is 2.45 bits per heavy atom. The summed E-state index contributed by atoms with van der Waals surface area (Å²) in [4.78, 5) is 24.9. The highest BCUT2D eigenvalue weighted by Gasteiger charge is 2.04. The lowest BCUT2D eigenvalue weighted by atomic mass is 10.5. The van der Waals surface area contributed by atoms with Gasteiger partial charge in [-0.1, -0.05) is 0 Å². The number of nitrogens with two attached hydrogens (primary N) is 1. The molecule has 20 heavy (non-hydrogen) atoms. The van der Waals surface area contributed by atoms with E-state index in [-0.39, 0.29) is 0 Å². The van der Waals surface area contributed by atoms with Crippen molar-refractivity contribution in [1.29, 1.82) is 0 Å². The number of carboxylic acids is 2. The van der Waals surface area contributed by atoms with E-state index in [1.54, 1.807) is 11.3 Å². The van der Waals surface area contributed by atoms with Crippen LogP contribution in [0.4, 0.5) is 0 Å². The number of aromatic nitrogens is 1. The van der Waals surface area contributed by atoms with Crippen molar-refractivity contribution >= 4 is 35.0 Å². The Balaban J connectivity index is 0.000000511. The molecule has 9 heteroatoms. The maximum atomic E-state index is 9.10. The van der Waals surface area contributed by atoms with Gasteiger partial charge in [-0.15, -0.1) is 11.3 Å². The van der Waals surface area contributed by atoms with Gasteiger partial charge in [-0.05, 0) is 14.1 Å². The molecule has 1 aromatic rings. The zero-order chi connectivity index (χ0) is 15.5. The monoisotopic (exact) mass is 321 g/mol. The van der Waals surface area contributed by atoms with Crippen LogP contribution in [0.1, 0.15) is 10.7 Å². The molecule has 0 fully saturated rings. The van der Waals surface area contributed by atoms with Crippen LogP contribution >= 0.6 is 23.1 Å². The van der Waals surface area contributed by atoms with Crippen molar-refractivity contribution in [3.63, 3.8) is 0 Å². The van der Waals surface area contributed by atoms with Gasteiger partial charge in [0.2, 0.25) is 0 Å². The topological polar surface area (TPSA) is 117 Å². The third-order valence-corrected chi connectivity index (χ3v) is 3.65. The second-order valence-corrected chi connectivity index (χ2v) is 5.97. The molecule has 0 radical (unpaired) electrons. The summed E-state index contributed by atoms with van der Waals surface area (Å²) in [6.45, 7) is 1.69. The summed E-state index contributed by atoms with van der Waals surface area (Å²) in [7, 11) is 4.12. The molecule has 0 aliphatic rings. The number of rotatable bonds is 6. The minimum atomic E-state index is -1.82. The molecule has 0 unspecified atom stereocenters. The number of thiazole rings is 1. The van der Waals surface area contributed by atoms with Gasteiger partial charge in [0.1, 0.15) is 5.01 Å². The van der Waals surface area contributed by atoms with Crippen LogP contribution in [0.3, 0.4) is 0 Å². The van der Waals surface area contributed by atoms with Crippen LogP contribution < -0.4 is 5.73 Å². The Hall–Kier alpha value is -1.16. The minimum Gasteiger partial charge on any atom is -0.473 e. The van der Waals surface area contributed by atoms with Crippen LogP contribution in [-0.2, 0) is 21.9 Å². The van der Waals surface area contributed by atoms with Gasteiger partial charge in [0.25, 0.3) is 0 Å². The maximum Gasteiger partial charge on any atom is 0.414 e. The maximum absolute atomic E-state index is 9.10. The van der Waals surface area contributed by atoms with Crippen LogP contribution in [0.15, 0.2) is 5.38 Å². The Morgan fingerprint density at radius 1 is 1.40 bits per heavy atom. The molecule has 7 nitrogen and oxygen atoms in total. The highest BCUT2D eigenvalue weighted by atomic mass is 32.2. The van der Waals surface area contributed by atoms with Crippen LogP contribution in [0.2, 0.25) is 0 Å². The molecule has 0 spiro atoms. The Morgan fingerprint density at radius 2 is 2.00 bits per heavy atom. The van der Waals surface area contributed by atoms with Crippen molar-refractivity contribution in [2.24, 2.45) is 5.73 Å². The van der Waals surface area contributed by atoms with E-state index >= 15 is 0 Å². The predicted molar refractivity (Wildman–Crippen MR) is 80.0 cm³/mol. The quantitative estimate of drug-likeness (QED) is 0.514. The average Bonchev–Trinajstić information content (AvgIpc) is 2.77. The van der Waals surface area contributed by atoms with E-state index < -0.39 is 11.9 Å². The first-order valence-electron chi connectivity index (χ1n) is 5.68. The van der Waals surface area contributed by atoms with Gasteiger partial charge >= 0.3 is 11.9 Å². The molecule has 0 saturated heterocycles. The zero-order valence-corrected chi connectivity index (χ0v) is 13.0. The van der Waals surface area contributed by atoms with E-state index in [4.69, 9.17) is 25.5 Å². The third kappa shape index (κ3) is 9.73. The second kappa shape index (κ2) is 10.6. The van der Waals surface area contributed by atoms with E-state index in [1.165, 1.54) is 10.7 Å². The van der Waals surface area contributed by atoms with Gasteiger partial charge in [-0.3, -0.25) is 0 Å². The highest BCUT2D eigenvalue weighted by Crippen LogP contribution is 2.16. The highest BCUT2D eigenvalue weighted by molar-refractivity contribution is 7.98. The van der Waals surface area contributed by atoms with Gasteiger partial charge in [-0.2, -0.15) is 11.8 Å². The lowest BCUT2D eigenvalue weighted by Crippen LogP contribution is -2.10. The fraction of sp³-hybridized carbons (Fsp3) is 0.545. The molecule has 114 valence electrons. The minimum absolute atomic E-state index is 0.749. The first-order chi connectivity index (χ1) is 9.36. The summed E-state index contributed by atoms with van der Waals surface area (Å²) in [6, 6.07) is 0. The Bertz CT molecular complexity index is 412. The Kier molecular flexibility index (Phi) is 9.99. The van der Waals surface area contributed by atoms with Crippen LogP contribution in [0.25, 0.3) is 0 Å². The summed E-state index contributed by atoms with van der Waals surface area (Å²) in [5.41, 5.74) is 6.60. The van der Waals surface area contributed by atoms with Gasteiger partial charge in [-0.25, -0.2) is 14.6 Å². The number of carboxylic acid groups (broad SMARTS) is 2. The smallest absolute Gasteiger partial charge is 0.414 e. The number of aliphatic carboxylic acids is 2. The molecule has 1 heterocycles. The van der Waals surface area contributed by atoms with Crippen LogP contribution in [-0.4, -0.2) is 58.4 Å². The lowest BCUT2D eigenvalue weighted by molar-refractivity contribution is -0.159. The number of hydrogen-bond donors (Lipinski definition) is 3. The molecule has 0 aliphatic heterocycles. The SMILES string of the molecule is CN(C)Cc1nc(CSCCN)cs1.O=C(O)C(=O)O. The van der Waals surface area contributed by atoms with Crippen molar-refractivity contribution in [1.82, 2.24) is 9.88 Å². The molecule has 0 saturated carbocycles. The van der Waals surface area contributed by atoms with Crippen molar-refractivity contribution in [3.05, 3.63) is 16.1 Å². The summed E-state index contributed by atoms with van der Waals surface area (Å²) >= 11 is 3.58. The number of hydrogen-bond acceptors (Lipinski definition) is 7. The van der Waals surface area contributed by atoms with E-state index in [0.717, 1.165) is 24.6 Å². The normalized spacial score (nSPS) is 10.0. The summed E-state index contributed by atoms with van der Waals surface area (Å²) in [6.07, 6.45) is 0. The largest absolute Gasteiger partial charge is 0.473 e. The fourth-order valence-corrected chi connectivity index (χ4v) is 2.70. The van der Waals surface area contributed by atoms with E-state index in [0.29, 0.717) is 0 Å². The molecule has 0 aliphatic carbocycles. The molecule has 1 rings (SSSR count). The molecular weight excluding hydrogens is 302 g/mol. The number of thioether (sulfide) groups is 1. The van der Waals surface area contributed by atoms with Crippen molar-refractivity contribution in [3.8, 4) is 0 Å². The van der Waals surface area contributed by atoms with Crippen LogP contribution in [0.5, 0.6) is 0 Å². The fourth-order valence-electron chi connectivity index (χ4n) is 1.02. The summed E-state index contributed by atoms with van der Waals surface area (Å²) in [5.74, 6) is -1.65. The van der Waals surface area contributed by atoms with E-state index in [9.17, 15) is 0 Å². The first kappa shape index (κ1) is 18.8. The van der Waals surface area contributed by atoms with E-state index in [2.05, 4.69) is 29.4 Å². The molecule has 1 aromatic heterocycles. The van der Waals surface area contributed by atoms with Crippen molar-refractivity contribution in [2.45, 2.75) is 12.3 Å². The zero-order valence-electron chi connectivity index (χ0n) is 11.4. The average molecular weight is 321 g/mol. The van der Waals surface area contributed by atoms with Gasteiger partial charge < -0.3 is 20.8 Å².